The van der Waals surface area contributed by atoms with Crippen LogP contribution < -0.4 is 11.2 Å². The van der Waals surface area contributed by atoms with Crippen LogP contribution in [0.3, 0.4) is 0 Å². The second-order valence-electron chi connectivity index (χ2n) is 6.49. The van der Waals surface area contributed by atoms with Gasteiger partial charge in [0.2, 0.25) is 0 Å². The lowest BCUT2D eigenvalue weighted by Gasteiger charge is -2.14. The number of hydrogen-bond acceptors (Lipinski definition) is 5. The van der Waals surface area contributed by atoms with Crippen molar-refractivity contribution in [2.24, 2.45) is 14.1 Å². The summed E-state index contributed by atoms with van der Waals surface area (Å²) in [5.74, 6) is -0.698. The first-order valence-corrected chi connectivity index (χ1v) is 8.48. The molecule has 1 aliphatic heterocycles. The van der Waals surface area contributed by atoms with Gasteiger partial charge in [-0.1, -0.05) is 12.1 Å². The molecule has 9 nitrogen and oxygen atoms in total. The molecule has 1 aromatic carbocycles. The number of nitrogens with zero attached hydrogens (tertiary/aromatic N) is 5. The van der Waals surface area contributed by atoms with Crippen LogP contribution in [0.1, 0.15) is 27.1 Å². The summed E-state index contributed by atoms with van der Waals surface area (Å²) < 4.78 is 4.00. The molecule has 138 valence electrons. The van der Waals surface area contributed by atoms with Gasteiger partial charge in [0.25, 0.3) is 17.4 Å². The SMILES string of the molecule is Cn1cnc2c1c(=O)n(CCCN1C(=O)c3ccccc3C1=O)c(=O)n2C. The normalized spacial score (nSPS) is 13.6. The molecule has 0 saturated heterocycles. The largest absolute Gasteiger partial charge is 0.332 e. The number of imidazole rings is 1. The van der Waals surface area contributed by atoms with E-state index < -0.39 is 11.2 Å². The first-order valence-electron chi connectivity index (χ1n) is 8.48. The molecule has 9 heteroatoms. The molecule has 0 radical (unpaired) electrons. The number of rotatable bonds is 4. The van der Waals surface area contributed by atoms with Crippen molar-refractivity contribution in [3.8, 4) is 0 Å². The highest BCUT2D eigenvalue weighted by Gasteiger charge is 2.34. The van der Waals surface area contributed by atoms with Crippen molar-refractivity contribution in [2.45, 2.75) is 13.0 Å². The molecule has 0 bridgehead atoms. The van der Waals surface area contributed by atoms with Gasteiger partial charge < -0.3 is 4.57 Å². The lowest BCUT2D eigenvalue weighted by molar-refractivity contribution is 0.0650. The first kappa shape index (κ1) is 17.0. The van der Waals surface area contributed by atoms with Crippen molar-refractivity contribution in [3.05, 3.63) is 62.6 Å². The van der Waals surface area contributed by atoms with Gasteiger partial charge in [-0.25, -0.2) is 9.78 Å². The molecule has 3 aromatic rings. The van der Waals surface area contributed by atoms with Crippen LogP contribution in [-0.4, -0.2) is 41.9 Å². The van der Waals surface area contributed by atoms with Gasteiger partial charge in [0.15, 0.2) is 11.2 Å². The van der Waals surface area contributed by atoms with Crippen molar-refractivity contribution in [1.29, 1.82) is 0 Å². The Bertz CT molecular complexity index is 1180. The van der Waals surface area contributed by atoms with Gasteiger partial charge in [-0.15, -0.1) is 0 Å². The minimum absolute atomic E-state index is 0.0973. The summed E-state index contributed by atoms with van der Waals surface area (Å²) >= 11 is 0. The average molecular weight is 367 g/mol. The number of aryl methyl sites for hydroxylation is 2. The molecular weight excluding hydrogens is 350 g/mol. The van der Waals surface area contributed by atoms with E-state index in [0.29, 0.717) is 28.7 Å². The van der Waals surface area contributed by atoms with Gasteiger partial charge in [-0.05, 0) is 18.6 Å². The third-order valence-electron chi connectivity index (χ3n) is 4.84. The summed E-state index contributed by atoms with van der Waals surface area (Å²) in [4.78, 5) is 55.1. The molecule has 0 spiro atoms. The Morgan fingerprint density at radius 3 is 2.19 bits per heavy atom. The second-order valence-corrected chi connectivity index (χ2v) is 6.49. The van der Waals surface area contributed by atoms with E-state index in [2.05, 4.69) is 4.98 Å². The molecule has 2 aromatic heterocycles. The van der Waals surface area contributed by atoms with Crippen molar-refractivity contribution in [2.75, 3.05) is 6.54 Å². The van der Waals surface area contributed by atoms with Gasteiger partial charge in [0, 0.05) is 27.2 Å². The van der Waals surface area contributed by atoms with Gasteiger partial charge in [0.05, 0.1) is 17.5 Å². The third kappa shape index (κ3) is 2.42. The summed E-state index contributed by atoms with van der Waals surface area (Å²) in [7, 11) is 3.24. The van der Waals surface area contributed by atoms with E-state index in [0.717, 1.165) is 9.47 Å². The van der Waals surface area contributed by atoms with Crippen LogP contribution >= 0.6 is 0 Å². The first-order chi connectivity index (χ1) is 12.9. The smallest absolute Gasteiger partial charge is 0.328 e. The van der Waals surface area contributed by atoms with Crippen molar-refractivity contribution >= 4 is 23.0 Å². The summed E-state index contributed by atoms with van der Waals surface area (Å²) in [6.45, 7) is 0.228. The Balaban J connectivity index is 1.58. The fraction of sp³-hybridized carbons (Fsp3) is 0.278. The number of hydrogen-bond donors (Lipinski definition) is 0. The molecule has 27 heavy (non-hydrogen) atoms. The summed E-state index contributed by atoms with van der Waals surface area (Å²) in [5.41, 5.74) is 0.504. The molecule has 1 aliphatic rings. The zero-order valence-corrected chi connectivity index (χ0v) is 14.9. The Labute approximate surface area is 153 Å². The van der Waals surface area contributed by atoms with E-state index >= 15 is 0 Å². The minimum Gasteiger partial charge on any atom is -0.328 e. The molecular formula is C18H17N5O4. The number of benzene rings is 1. The number of amides is 2. The van der Waals surface area contributed by atoms with Crippen molar-refractivity contribution in [3.63, 3.8) is 0 Å². The van der Waals surface area contributed by atoms with E-state index in [1.807, 2.05) is 0 Å². The van der Waals surface area contributed by atoms with E-state index in [9.17, 15) is 19.2 Å². The molecule has 0 saturated carbocycles. The highest BCUT2D eigenvalue weighted by molar-refractivity contribution is 6.21. The van der Waals surface area contributed by atoms with Gasteiger partial charge in [0.1, 0.15) is 0 Å². The zero-order valence-electron chi connectivity index (χ0n) is 14.9. The van der Waals surface area contributed by atoms with Crippen LogP contribution in [0.4, 0.5) is 0 Å². The van der Waals surface area contributed by atoms with Crippen molar-refractivity contribution < 1.29 is 9.59 Å². The predicted octanol–water partition coefficient (Wildman–Crippen LogP) is 0.120. The van der Waals surface area contributed by atoms with Crippen LogP contribution in [-0.2, 0) is 20.6 Å². The number of fused-ring (bicyclic) bond motifs is 2. The molecule has 4 rings (SSSR count). The Morgan fingerprint density at radius 2 is 1.56 bits per heavy atom. The zero-order chi connectivity index (χ0) is 19.3. The number of carbonyl (C=O) groups excluding carboxylic acids is 2. The molecule has 0 atom stereocenters. The number of aromatic nitrogens is 4. The average Bonchev–Trinajstić information content (AvgIpc) is 3.16. The quantitative estimate of drug-likeness (QED) is 0.610. The van der Waals surface area contributed by atoms with Crippen LogP contribution in [0.25, 0.3) is 11.2 Å². The highest BCUT2D eigenvalue weighted by Crippen LogP contribution is 2.22. The number of imide groups is 1. The highest BCUT2D eigenvalue weighted by atomic mass is 16.2. The number of carbonyl (C=O) groups is 2. The molecule has 2 amide bonds. The maximum Gasteiger partial charge on any atom is 0.332 e. The lowest BCUT2D eigenvalue weighted by atomic mass is 10.1. The molecule has 0 fully saturated rings. The van der Waals surface area contributed by atoms with Crippen LogP contribution in [0.5, 0.6) is 0 Å². The molecule has 3 heterocycles. The maximum absolute atomic E-state index is 12.7. The predicted molar refractivity (Wildman–Crippen MR) is 96.6 cm³/mol. The Kier molecular flexibility index (Phi) is 3.79. The van der Waals surface area contributed by atoms with E-state index in [-0.39, 0.29) is 24.9 Å². The van der Waals surface area contributed by atoms with Gasteiger partial charge >= 0.3 is 5.69 Å². The second kappa shape index (κ2) is 6.04. The molecule has 0 N–H and O–H groups in total. The Hall–Kier alpha value is -3.49. The monoisotopic (exact) mass is 367 g/mol. The summed E-state index contributed by atoms with van der Waals surface area (Å²) in [5, 5.41) is 0. The Morgan fingerprint density at radius 1 is 0.926 bits per heavy atom. The maximum atomic E-state index is 12.7. The van der Waals surface area contributed by atoms with Crippen LogP contribution in [0, 0.1) is 0 Å². The van der Waals surface area contributed by atoms with Gasteiger partial charge in [-0.2, -0.15) is 0 Å². The summed E-state index contributed by atoms with van der Waals surface area (Å²) in [6.07, 6.45) is 1.78. The fourth-order valence-electron chi connectivity index (χ4n) is 3.42. The summed E-state index contributed by atoms with van der Waals surface area (Å²) in [6, 6.07) is 6.65. The molecule has 0 unspecified atom stereocenters. The van der Waals surface area contributed by atoms with Gasteiger partial charge in [-0.3, -0.25) is 28.4 Å². The van der Waals surface area contributed by atoms with E-state index in [1.54, 1.807) is 42.9 Å². The lowest BCUT2D eigenvalue weighted by Crippen LogP contribution is -2.40. The van der Waals surface area contributed by atoms with Crippen molar-refractivity contribution in [1.82, 2.24) is 23.6 Å². The minimum atomic E-state index is -0.478. The van der Waals surface area contributed by atoms with E-state index in [4.69, 9.17) is 0 Å². The van der Waals surface area contributed by atoms with Crippen LogP contribution in [0.2, 0.25) is 0 Å². The van der Waals surface area contributed by atoms with Crippen LogP contribution in [0.15, 0.2) is 40.2 Å². The van der Waals surface area contributed by atoms with E-state index in [1.165, 1.54) is 10.9 Å². The fourth-order valence-corrected chi connectivity index (χ4v) is 3.42. The topological polar surface area (TPSA) is 99.2 Å². The standard InChI is InChI=1S/C18H17N5O4/c1-20-10-19-14-13(20)17(26)23(18(27)21(14)2)9-5-8-22-15(24)11-6-3-4-7-12(11)16(22)25/h3-4,6-7,10H,5,8-9H2,1-2H3. The molecule has 0 aliphatic carbocycles. The third-order valence-corrected chi connectivity index (χ3v) is 4.84.